The first-order chi connectivity index (χ1) is 21.0. The standard InChI is InChI=1S/C34H30O9/c35-21-27-28(41-31(36)24-15-7-2-8-16-24)29(42-32(37)25-17-9-3-10-18-25)30(43-33(38)26-19-11-4-12-20-26)34(40-27)39-22-23-13-5-1-6-14-23/h1-20,27-30,34-35H,21-22H2/t27-,28+,29+,30-,34-/m1/s1. The van der Waals surface area contributed by atoms with Crippen LogP contribution in [0.2, 0.25) is 0 Å². The van der Waals surface area contributed by atoms with Crippen molar-refractivity contribution in [1.82, 2.24) is 0 Å². The highest BCUT2D eigenvalue weighted by Crippen LogP contribution is 2.31. The average Bonchev–Trinajstić information content (AvgIpc) is 3.07. The Balaban J connectivity index is 1.51. The van der Waals surface area contributed by atoms with Crippen molar-refractivity contribution in [1.29, 1.82) is 0 Å². The summed E-state index contributed by atoms with van der Waals surface area (Å²) in [6, 6.07) is 33.9. The van der Waals surface area contributed by atoms with Crippen molar-refractivity contribution >= 4 is 17.9 Å². The molecule has 1 saturated heterocycles. The molecule has 5 rings (SSSR count). The average molecular weight is 583 g/mol. The molecule has 0 bridgehead atoms. The number of rotatable bonds is 10. The molecule has 43 heavy (non-hydrogen) atoms. The van der Waals surface area contributed by atoms with Gasteiger partial charge in [-0.1, -0.05) is 84.9 Å². The van der Waals surface area contributed by atoms with Crippen LogP contribution in [-0.2, 0) is 30.3 Å². The van der Waals surface area contributed by atoms with Gasteiger partial charge in [-0.15, -0.1) is 0 Å². The van der Waals surface area contributed by atoms with Crippen LogP contribution in [0.4, 0.5) is 0 Å². The Labute approximate surface area is 248 Å². The molecule has 9 heteroatoms. The van der Waals surface area contributed by atoms with Crippen LogP contribution in [0.15, 0.2) is 121 Å². The van der Waals surface area contributed by atoms with Crippen LogP contribution in [0.5, 0.6) is 0 Å². The molecule has 0 unspecified atom stereocenters. The first-order valence-corrected chi connectivity index (χ1v) is 13.7. The summed E-state index contributed by atoms with van der Waals surface area (Å²) in [7, 11) is 0. The van der Waals surface area contributed by atoms with Crippen LogP contribution in [0.25, 0.3) is 0 Å². The maximum Gasteiger partial charge on any atom is 0.338 e. The predicted octanol–water partition coefficient (Wildman–Crippen LogP) is 4.60. The van der Waals surface area contributed by atoms with Crippen molar-refractivity contribution in [2.45, 2.75) is 37.3 Å². The first kappa shape index (κ1) is 29.7. The number of aliphatic hydroxyl groups excluding tert-OH is 1. The van der Waals surface area contributed by atoms with E-state index in [0.29, 0.717) is 0 Å². The number of esters is 3. The van der Waals surface area contributed by atoms with Crippen molar-refractivity contribution in [3.05, 3.63) is 144 Å². The lowest BCUT2D eigenvalue weighted by Crippen LogP contribution is -2.62. The minimum atomic E-state index is -1.42. The van der Waals surface area contributed by atoms with Crippen LogP contribution in [0.1, 0.15) is 36.6 Å². The van der Waals surface area contributed by atoms with Gasteiger partial charge in [-0.25, -0.2) is 14.4 Å². The molecule has 9 nitrogen and oxygen atoms in total. The Kier molecular flexibility index (Phi) is 9.91. The van der Waals surface area contributed by atoms with Crippen molar-refractivity contribution in [2.75, 3.05) is 6.61 Å². The van der Waals surface area contributed by atoms with Crippen LogP contribution in [-0.4, -0.2) is 60.3 Å². The van der Waals surface area contributed by atoms with Crippen LogP contribution < -0.4 is 0 Å². The summed E-state index contributed by atoms with van der Waals surface area (Å²) in [6.07, 6.45) is -6.66. The topological polar surface area (TPSA) is 118 Å². The number of ether oxygens (including phenoxy) is 5. The largest absolute Gasteiger partial charge is 0.452 e. The van der Waals surface area contributed by atoms with Crippen LogP contribution in [0.3, 0.4) is 0 Å². The van der Waals surface area contributed by atoms with Gasteiger partial charge in [0.2, 0.25) is 0 Å². The third-order valence-electron chi connectivity index (χ3n) is 6.79. The van der Waals surface area contributed by atoms with Gasteiger partial charge in [0, 0.05) is 0 Å². The summed E-state index contributed by atoms with van der Waals surface area (Å²) in [5.74, 6) is -2.24. The molecular weight excluding hydrogens is 552 g/mol. The van der Waals surface area contributed by atoms with E-state index in [4.69, 9.17) is 23.7 Å². The maximum atomic E-state index is 13.3. The molecule has 1 aliphatic rings. The van der Waals surface area contributed by atoms with Gasteiger partial charge in [0.1, 0.15) is 6.10 Å². The van der Waals surface area contributed by atoms with E-state index >= 15 is 0 Å². The monoisotopic (exact) mass is 582 g/mol. The molecule has 0 radical (unpaired) electrons. The van der Waals surface area contributed by atoms with E-state index < -0.39 is 55.2 Å². The van der Waals surface area contributed by atoms with E-state index in [2.05, 4.69) is 0 Å². The van der Waals surface area contributed by atoms with Crippen molar-refractivity contribution < 1.29 is 43.2 Å². The Morgan fingerprint density at radius 2 is 0.953 bits per heavy atom. The van der Waals surface area contributed by atoms with Gasteiger partial charge in [0.25, 0.3) is 0 Å². The second kappa shape index (κ2) is 14.4. The highest BCUT2D eigenvalue weighted by molar-refractivity contribution is 5.91. The maximum absolute atomic E-state index is 13.3. The SMILES string of the molecule is O=C(O[C@H]1[C@@H](OC(=O)c2ccccc2)[C@@H](CO)O[C@@H](OCc2ccccc2)[C@@H]1OC(=O)c1ccccc1)c1ccccc1. The normalized spacial score (nSPS) is 21.4. The zero-order valence-electron chi connectivity index (χ0n) is 23.1. The lowest BCUT2D eigenvalue weighted by Gasteiger charge is -2.44. The molecule has 1 fully saturated rings. The summed E-state index contributed by atoms with van der Waals surface area (Å²) >= 11 is 0. The number of benzene rings is 4. The van der Waals surface area contributed by atoms with E-state index in [1.165, 1.54) is 0 Å². The lowest BCUT2D eigenvalue weighted by molar-refractivity contribution is -0.301. The number of aliphatic hydroxyl groups is 1. The first-order valence-electron chi connectivity index (χ1n) is 13.7. The van der Waals surface area contributed by atoms with Crippen molar-refractivity contribution in [3.63, 3.8) is 0 Å². The Bertz CT molecular complexity index is 1480. The van der Waals surface area contributed by atoms with Gasteiger partial charge in [0.15, 0.2) is 24.6 Å². The molecule has 5 atom stereocenters. The van der Waals surface area contributed by atoms with Crippen molar-refractivity contribution in [3.8, 4) is 0 Å². The van der Waals surface area contributed by atoms with E-state index in [1.54, 1.807) is 91.0 Å². The smallest absolute Gasteiger partial charge is 0.338 e. The molecule has 1 heterocycles. The molecular formula is C34H30O9. The number of hydrogen-bond donors (Lipinski definition) is 1. The molecule has 4 aromatic carbocycles. The Hall–Kier alpha value is -4.83. The molecule has 0 aromatic heterocycles. The molecule has 1 aliphatic heterocycles. The van der Waals surface area contributed by atoms with Crippen LogP contribution >= 0.6 is 0 Å². The minimum Gasteiger partial charge on any atom is -0.452 e. The van der Waals surface area contributed by atoms with Gasteiger partial charge in [0.05, 0.1) is 29.9 Å². The molecule has 220 valence electrons. The van der Waals surface area contributed by atoms with Gasteiger partial charge in [-0.05, 0) is 42.0 Å². The second-order valence-electron chi connectivity index (χ2n) is 9.73. The molecule has 0 aliphatic carbocycles. The molecule has 0 saturated carbocycles. The van der Waals surface area contributed by atoms with E-state index in [9.17, 15) is 19.5 Å². The van der Waals surface area contributed by atoms with Gasteiger partial charge < -0.3 is 28.8 Å². The summed E-state index contributed by atoms with van der Waals surface area (Å²) in [5, 5.41) is 10.3. The number of carbonyl (C=O) groups is 3. The molecule has 0 spiro atoms. The summed E-state index contributed by atoms with van der Waals surface area (Å²) in [5.41, 5.74) is 1.49. The predicted molar refractivity (Wildman–Crippen MR) is 154 cm³/mol. The highest BCUT2D eigenvalue weighted by Gasteiger charge is 2.53. The molecule has 0 amide bonds. The van der Waals surface area contributed by atoms with Crippen molar-refractivity contribution in [2.24, 2.45) is 0 Å². The zero-order chi connectivity index (χ0) is 30.0. The zero-order valence-corrected chi connectivity index (χ0v) is 23.1. The Morgan fingerprint density at radius 1 is 0.558 bits per heavy atom. The Morgan fingerprint density at radius 3 is 1.40 bits per heavy atom. The van der Waals surface area contributed by atoms with Gasteiger partial charge >= 0.3 is 17.9 Å². The van der Waals surface area contributed by atoms with E-state index in [-0.39, 0.29) is 23.3 Å². The third-order valence-corrected chi connectivity index (χ3v) is 6.79. The molecule has 4 aromatic rings. The summed E-state index contributed by atoms with van der Waals surface area (Å²) in [4.78, 5) is 39.8. The second-order valence-corrected chi connectivity index (χ2v) is 9.73. The fraction of sp³-hybridized carbons (Fsp3) is 0.206. The third kappa shape index (κ3) is 7.52. The summed E-state index contributed by atoms with van der Waals surface area (Å²) in [6.45, 7) is -0.562. The minimum absolute atomic E-state index is 0.0524. The van der Waals surface area contributed by atoms with Crippen LogP contribution in [0, 0.1) is 0 Å². The van der Waals surface area contributed by atoms with Gasteiger partial charge in [-0.2, -0.15) is 0 Å². The van der Waals surface area contributed by atoms with E-state index in [1.807, 2.05) is 30.3 Å². The highest BCUT2D eigenvalue weighted by atomic mass is 16.7. The quantitative estimate of drug-likeness (QED) is 0.212. The lowest BCUT2D eigenvalue weighted by atomic mass is 9.97. The fourth-order valence-corrected chi connectivity index (χ4v) is 4.61. The van der Waals surface area contributed by atoms with Gasteiger partial charge in [-0.3, -0.25) is 0 Å². The fourth-order valence-electron chi connectivity index (χ4n) is 4.61. The summed E-state index contributed by atoms with van der Waals surface area (Å²) < 4.78 is 29.8. The number of carbonyl (C=O) groups excluding carboxylic acids is 3. The molecule has 1 N–H and O–H groups in total. The number of hydrogen-bond acceptors (Lipinski definition) is 9. The van der Waals surface area contributed by atoms with E-state index in [0.717, 1.165) is 5.56 Å².